The molecule has 0 fully saturated rings. The molecule has 3 aromatic heterocycles. The van der Waals surface area contributed by atoms with E-state index in [9.17, 15) is 0 Å². The highest BCUT2D eigenvalue weighted by molar-refractivity contribution is 7.00. The molecule has 0 atom stereocenters. The van der Waals surface area contributed by atoms with Gasteiger partial charge in [0.05, 0.1) is 34.3 Å². The van der Waals surface area contributed by atoms with Crippen LogP contribution in [0.15, 0.2) is 176 Å². The third kappa shape index (κ3) is 5.62. The summed E-state index contributed by atoms with van der Waals surface area (Å²) in [7, 11) is 0. The van der Waals surface area contributed by atoms with Crippen molar-refractivity contribution in [2.45, 2.75) is 0 Å². The highest BCUT2D eigenvalue weighted by atomic mass is 32.1. The Morgan fingerprint density at radius 1 is 0.358 bits per heavy atom. The van der Waals surface area contributed by atoms with E-state index in [1.54, 1.807) is 0 Å². The van der Waals surface area contributed by atoms with E-state index in [0.717, 1.165) is 94.3 Å². The maximum absolute atomic E-state index is 5.30. The van der Waals surface area contributed by atoms with E-state index in [-0.39, 0.29) is 0 Å². The summed E-state index contributed by atoms with van der Waals surface area (Å²) in [6.07, 6.45) is 0. The second-order valence-corrected chi connectivity index (χ2v) is 13.5. The summed E-state index contributed by atoms with van der Waals surface area (Å²) >= 11 is 1.26. The lowest BCUT2D eigenvalue weighted by molar-refractivity contribution is 1.18. The fraction of sp³-hybridized carbons (Fsp3) is 0. The Balaban J connectivity index is 1.09. The third-order valence-electron chi connectivity index (χ3n) is 9.76. The van der Waals surface area contributed by atoms with Crippen molar-refractivity contribution < 1.29 is 0 Å². The molecule has 0 saturated heterocycles. The zero-order chi connectivity index (χ0) is 35.1. The van der Waals surface area contributed by atoms with Gasteiger partial charge in [0.25, 0.3) is 0 Å². The van der Waals surface area contributed by atoms with Gasteiger partial charge in [-0.1, -0.05) is 152 Å². The van der Waals surface area contributed by atoms with Crippen molar-refractivity contribution in [3.05, 3.63) is 176 Å². The molecule has 0 saturated carbocycles. The van der Waals surface area contributed by atoms with Gasteiger partial charge in [-0.2, -0.15) is 8.75 Å². The topological polar surface area (TPSA) is 64.5 Å². The number of aromatic nitrogens is 5. The van der Waals surface area contributed by atoms with Gasteiger partial charge in [0.15, 0.2) is 5.82 Å². The van der Waals surface area contributed by atoms with E-state index >= 15 is 0 Å². The quantitative estimate of drug-likeness (QED) is 0.162. The number of pyridine rings is 1. The fourth-order valence-corrected chi connectivity index (χ4v) is 7.74. The van der Waals surface area contributed by atoms with Crippen LogP contribution in [0.25, 0.3) is 100 Å². The summed E-state index contributed by atoms with van der Waals surface area (Å²) < 4.78 is 9.63. The van der Waals surface area contributed by atoms with Crippen LogP contribution in [-0.4, -0.2) is 23.7 Å². The van der Waals surface area contributed by atoms with E-state index in [1.807, 2.05) is 48.5 Å². The van der Waals surface area contributed by atoms with Crippen LogP contribution in [-0.2, 0) is 0 Å². The van der Waals surface area contributed by atoms with Crippen LogP contribution in [0.1, 0.15) is 0 Å². The van der Waals surface area contributed by atoms with Gasteiger partial charge in [0, 0.05) is 44.0 Å². The number of nitrogens with zero attached hydrogens (tertiary/aromatic N) is 5. The summed E-state index contributed by atoms with van der Waals surface area (Å²) in [6, 6.07) is 60.8. The van der Waals surface area contributed by atoms with Crippen molar-refractivity contribution in [1.29, 1.82) is 0 Å². The SMILES string of the molecule is c1ccc(-c2cc(-c3ccc(-c4cccc(-c5nc6ccccc6c6c5cc(-c5ccccc5)c5nsnc56)c4)cc3)nc(-c3ccccc3)n2)cc1. The molecule has 0 bridgehead atoms. The number of hydrogen-bond donors (Lipinski definition) is 0. The zero-order valence-corrected chi connectivity index (χ0v) is 29.2. The second-order valence-electron chi connectivity index (χ2n) is 13.0. The molecule has 0 radical (unpaired) electrons. The van der Waals surface area contributed by atoms with Gasteiger partial charge in [-0.15, -0.1) is 0 Å². The first-order chi connectivity index (χ1) is 26.3. The normalized spacial score (nSPS) is 11.4. The second kappa shape index (κ2) is 13.0. The molecule has 5 nitrogen and oxygen atoms in total. The Labute approximate surface area is 310 Å². The number of para-hydroxylation sites is 1. The Hall–Kier alpha value is -6.89. The molecule has 6 heteroatoms. The maximum atomic E-state index is 5.30. The standard InChI is InChI=1S/C47H29N5S/c1-4-13-31(14-5-1)38-28-39-43(46-45(38)51-53-52-46)37-21-10-11-22-40(37)48-44(39)36-20-12-19-35(27-36)30-23-25-33(26-24-30)42-29-41(32-15-6-2-7-16-32)49-47(50-42)34-17-8-3-9-18-34/h1-29H. The van der Waals surface area contributed by atoms with Crippen molar-refractivity contribution in [3.8, 4) is 67.4 Å². The van der Waals surface area contributed by atoms with Crippen LogP contribution in [0.5, 0.6) is 0 Å². The van der Waals surface area contributed by atoms with Crippen LogP contribution in [0.3, 0.4) is 0 Å². The predicted molar refractivity (Wildman–Crippen MR) is 218 cm³/mol. The molecule has 7 aromatic carbocycles. The first-order valence-corrected chi connectivity index (χ1v) is 18.2. The lowest BCUT2D eigenvalue weighted by Gasteiger charge is -2.14. The van der Waals surface area contributed by atoms with Crippen LogP contribution in [0, 0.1) is 0 Å². The number of rotatable bonds is 6. The van der Waals surface area contributed by atoms with Crippen LogP contribution in [0.4, 0.5) is 0 Å². The molecule has 10 rings (SSSR count). The molecule has 0 spiro atoms. The van der Waals surface area contributed by atoms with Crippen molar-refractivity contribution in [2.24, 2.45) is 0 Å². The van der Waals surface area contributed by atoms with Gasteiger partial charge in [0.2, 0.25) is 0 Å². The zero-order valence-electron chi connectivity index (χ0n) is 28.4. The number of hydrogen-bond acceptors (Lipinski definition) is 6. The molecule has 0 aliphatic carbocycles. The first-order valence-electron chi connectivity index (χ1n) is 17.5. The van der Waals surface area contributed by atoms with E-state index in [4.69, 9.17) is 23.7 Å². The molecule has 10 aromatic rings. The van der Waals surface area contributed by atoms with E-state index in [2.05, 4.69) is 127 Å². The monoisotopic (exact) mass is 695 g/mol. The lowest BCUT2D eigenvalue weighted by atomic mass is 9.93. The highest BCUT2D eigenvalue weighted by Crippen LogP contribution is 2.41. The minimum absolute atomic E-state index is 0.704. The highest BCUT2D eigenvalue weighted by Gasteiger charge is 2.19. The molecule has 0 amide bonds. The largest absolute Gasteiger partial charge is 0.247 e. The summed E-state index contributed by atoms with van der Waals surface area (Å²) in [5, 5.41) is 3.21. The van der Waals surface area contributed by atoms with E-state index in [0.29, 0.717) is 5.82 Å². The molecule has 0 aliphatic rings. The molecule has 0 unspecified atom stereocenters. The van der Waals surface area contributed by atoms with Crippen molar-refractivity contribution in [3.63, 3.8) is 0 Å². The van der Waals surface area contributed by atoms with Gasteiger partial charge >= 0.3 is 0 Å². The number of fused-ring (bicyclic) bond motifs is 5. The third-order valence-corrected chi connectivity index (χ3v) is 10.3. The van der Waals surface area contributed by atoms with Crippen molar-refractivity contribution in [2.75, 3.05) is 0 Å². The predicted octanol–water partition coefficient (Wildman–Crippen LogP) is 12.2. The van der Waals surface area contributed by atoms with Gasteiger partial charge in [-0.3, -0.25) is 0 Å². The van der Waals surface area contributed by atoms with Gasteiger partial charge in [0.1, 0.15) is 11.0 Å². The van der Waals surface area contributed by atoms with Crippen LogP contribution >= 0.6 is 11.7 Å². The van der Waals surface area contributed by atoms with Gasteiger partial charge < -0.3 is 0 Å². The van der Waals surface area contributed by atoms with Gasteiger partial charge in [-0.25, -0.2) is 15.0 Å². The van der Waals surface area contributed by atoms with Crippen LogP contribution in [0.2, 0.25) is 0 Å². The average Bonchev–Trinajstić information content (AvgIpc) is 3.74. The smallest absolute Gasteiger partial charge is 0.160 e. The minimum Gasteiger partial charge on any atom is -0.247 e. The Morgan fingerprint density at radius 3 is 1.66 bits per heavy atom. The van der Waals surface area contributed by atoms with Crippen molar-refractivity contribution in [1.82, 2.24) is 23.7 Å². The lowest BCUT2D eigenvalue weighted by Crippen LogP contribution is -1.95. The van der Waals surface area contributed by atoms with Gasteiger partial charge in [-0.05, 0) is 41.0 Å². The Kier molecular flexibility index (Phi) is 7.59. The molecular weight excluding hydrogens is 667 g/mol. The first kappa shape index (κ1) is 30.9. The minimum atomic E-state index is 0.704. The molecular formula is C47H29N5S. The maximum Gasteiger partial charge on any atom is 0.160 e. The molecule has 0 aliphatic heterocycles. The van der Waals surface area contributed by atoms with Crippen LogP contribution < -0.4 is 0 Å². The molecule has 248 valence electrons. The molecule has 0 N–H and O–H groups in total. The Bertz CT molecular complexity index is 2870. The van der Waals surface area contributed by atoms with E-state index in [1.165, 1.54) is 11.7 Å². The Morgan fingerprint density at radius 2 is 0.925 bits per heavy atom. The van der Waals surface area contributed by atoms with E-state index < -0.39 is 0 Å². The number of benzene rings is 7. The summed E-state index contributed by atoms with van der Waals surface area (Å²) in [6.45, 7) is 0. The summed E-state index contributed by atoms with van der Waals surface area (Å²) in [4.78, 5) is 15.3. The molecule has 3 heterocycles. The fourth-order valence-electron chi connectivity index (χ4n) is 7.17. The molecule has 53 heavy (non-hydrogen) atoms. The average molecular weight is 696 g/mol. The van der Waals surface area contributed by atoms with Crippen molar-refractivity contribution >= 4 is 44.4 Å². The summed E-state index contributed by atoms with van der Waals surface area (Å²) in [5.41, 5.74) is 13.9. The summed E-state index contributed by atoms with van der Waals surface area (Å²) in [5.74, 6) is 0.704.